The second-order valence-corrected chi connectivity index (χ2v) is 8.17. The molecular formula is C20H19O2P. The highest BCUT2D eigenvalue weighted by Crippen LogP contribution is 2.43. The predicted molar refractivity (Wildman–Crippen MR) is 97.1 cm³/mol. The standard InChI is InChI=1S/C20H19O2P/c1-16-13-14-17(22-2)15-20(16)23(21,18-9-5-3-6-10-18)19-11-7-4-8-12-19/h3-15H,1-2H3. The molecule has 0 saturated carbocycles. The summed E-state index contributed by atoms with van der Waals surface area (Å²) in [6.07, 6.45) is 0. The fourth-order valence-electron chi connectivity index (χ4n) is 2.76. The summed E-state index contributed by atoms with van der Waals surface area (Å²) < 4.78 is 19.6. The predicted octanol–water partition coefficient (Wildman–Crippen LogP) is 3.64. The van der Waals surface area contributed by atoms with Crippen molar-refractivity contribution in [1.82, 2.24) is 0 Å². The Balaban J connectivity index is 2.32. The van der Waals surface area contributed by atoms with Crippen LogP contribution in [0.5, 0.6) is 5.75 Å². The normalized spacial score (nSPS) is 11.2. The fraction of sp³-hybridized carbons (Fsp3) is 0.100. The molecule has 3 heteroatoms. The Bertz CT molecular complexity index is 799. The largest absolute Gasteiger partial charge is 0.497 e. The van der Waals surface area contributed by atoms with Gasteiger partial charge in [-0.1, -0.05) is 66.7 Å². The van der Waals surface area contributed by atoms with Crippen molar-refractivity contribution in [1.29, 1.82) is 0 Å². The maximum absolute atomic E-state index is 14.3. The average molecular weight is 322 g/mol. The van der Waals surface area contributed by atoms with Gasteiger partial charge in [-0.05, 0) is 24.6 Å². The van der Waals surface area contributed by atoms with Crippen LogP contribution < -0.4 is 20.7 Å². The van der Waals surface area contributed by atoms with E-state index in [2.05, 4.69) is 0 Å². The summed E-state index contributed by atoms with van der Waals surface area (Å²) >= 11 is 0. The Kier molecular flexibility index (Phi) is 4.36. The Morgan fingerprint density at radius 2 is 1.30 bits per heavy atom. The van der Waals surface area contributed by atoms with Crippen molar-refractivity contribution in [3.05, 3.63) is 84.4 Å². The summed E-state index contributed by atoms with van der Waals surface area (Å²) in [4.78, 5) is 0. The lowest BCUT2D eigenvalue weighted by Crippen LogP contribution is -2.26. The topological polar surface area (TPSA) is 26.3 Å². The van der Waals surface area contributed by atoms with Crippen molar-refractivity contribution in [3.63, 3.8) is 0 Å². The quantitative estimate of drug-likeness (QED) is 0.686. The summed E-state index contributed by atoms with van der Waals surface area (Å²) in [5.74, 6) is 0.720. The molecule has 0 heterocycles. The van der Waals surface area contributed by atoms with Gasteiger partial charge in [-0.2, -0.15) is 0 Å². The molecule has 23 heavy (non-hydrogen) atoms. The third kappa shape index (κ3) is 2.83. The van der Waals surface area contributed by atoms with Gasteiger partial charge in [0.2, 0.25) is 0 Å². The highest BCUT2D eigenvalue weighted by atomic mass is 31.2. The molecule has 0 fully saturated rings. The molecule has 0 unspecified atom stereocenters. The molecule has 0 aromatic heterocycles. The van der Waals surface area contributed by atoms with E-state index in [1.807, 2.05) is 85.8 Å². The second-order valence-electron chi connectivity index (χ2n) is 5.43. The molecule has 0 aliphatic rings. The van der Waals surface area contributed by atoms with Crippen molar-refractivity contribution in [2.75, 3.05) is 7.11 Å². The van der Waals surface area contributed by atoms with Gasteiger partial charge in [0, 0.05) is 15.9 Å². The summed E-state index contributed by atoms with van der Waals surface area (Å²) in [5, 5.41) is 2.50. The van der Waals surface area contributed by atoms with Gasteiger partial charge in [-0.15, -0.1) is 0 Å². The maximum atomic E-state index is 14.3. The first kappa shape index (κ1) is 15.6. The summed E-state index contributed by atoms with van der Waals surface area (Å²) in [6, 6.07) is 25.1. The molecule has 0 spiro atoms. The van der Waals surface area contributed by atoms with E-state index in [4.69, 9.17) is 4.74 Å². The molecule has 0 N–H and O–H groups in total. The second kappa shape index (κ2) is 6.44. The van der Waals surface area contributed by atoms with Gasteiger partial charge in [0.05, 0.1) is 7.11 Å². The van der Waals surface area contributed by atoms with Crippen LogP contribution >= 0.6 is 7.14 Å². The molecule has 2 nitrogen and oxygen atoms in total. The first-order chi connectivity index (χ1) is 11.2. The lowest BCUT2D eigenvalue weighted by molar-refractivity contribution is 0.415. The first-order valence-electron chi connectivity index (χ1n) is 7.53. The molecule has 3 aromatic carbocycles. The van der Waals surface area contributed by atoms with Crippen LogP contribution in [0.15, 0.2) is 78.9 Å². The fourth-order valence-corrected chi connectivity index (χ4v) is 5.68. The monoisotopic (exact) mass is 322 g/mol. The summed E-state index contributed by atoms with van der Waals surface area (Å²) in [6.45, 7) is 1.99. The zero-order valence-corrected chi connectivity index (χ0v) is 14.2. The Morgan fingerprint density at radius 1 is 0.783 bits per heavy atom. The molecule has 0 aliphatic carbocycles. The average Bonchev–Trinajstić information content (AvgIpc) is 2.63. The molecule has 0 bridgehead atoms. The van der Waals surface area contributed by atoms with Crippen LogP contribution in [-0.4, -0.2) is 7.11 Å². The lowest BCUT2D eigenvalue weighted by atomic mass is 10.2. The molecule has 0 atom stereocenters. The molecule has 0 radical (unpaired) electrons. The van der Waals surface area contributed by atoms with Gasteiger partial charge in [-0.25, -0.2) is 0 Å². The number of rotatable bonds is 4. The molecule has 0 aliphatic heterocycles. The van der Waals surface area contributed by atoms with E-state index in [0.29, 0.717) is 0 Å². The van der Waals surface area contributed by atoms with E-state index in [9.17, 15) is 4.57 Å². The van der Waals surface area contributed by atoms with Crippen molar-refractivity contribution in [2.45, 2.75) is 6.92 Å². The lowest BCUT2D eigenvalue weighted by Gasteiger charge is -2.22. The minimum Gasteiger partial charge on any atom is -0.497 e. The SMILES string of the molecule is COc1ccc(C)c(P(=O)(c2ccccc2)c2ccccc2)c1. The van der Waals surface area contributed by atoms with Crippen LogP contribution in [0.3, 0.4) is 0 Å². The smallest absolute Gasteiger partial charge is 0.171 e. The summed E-state index contributed by atoms with van der Waals surface area (Å²) in [7, 11) is -1.30. The van der Waals surface area contributed by atoms with Crippen LogP contribution in [0.4, 0.5) is 0 Å². The Hall–Kier alpha value is -2.31. The van der Waals surface area contributed by atoms with Crippen molar-refractivity contribution >= 4 is 23.1 Å². The van der Waals surface area contributed by atoms with Gasteiger partial charge >= 0.3 is 0 Å². The van der Waals surface area contributed by atoms with Crippen LogP contribution in [0.2, 0.25) is 0 Å². The Labute approximate surface area is 137 Å². The number of hydrogen-bond acceptors (Lipinski definition) is 2. The van der Waals surface area contributed by atoms with Crippen molar-refractivity contribution in [2.24, 2.45) is 0 Å². The number of methoxy groups -OCH3 is 1. The minimum atomic E-state index is -2.93. The first-order valence-corrected chi connectivity index (χ1v) is 9.23. The summed E-state index contributed by atoms with van der Waals surface area (Å²) in [5.41, 5.74) is 1.00. The number of ether oxygens (including phenoxy) is 1. The van der Waals surface area contributed by atoms with Gasteiger partial charge in [0.15, 0.2) is 7.14 Å². The minimum absolute atomic E-state index is 0.720. The van der Waals surface area contributed by atoms with Crippen molar-refractivity contribution in [3.8, 4) is 5.75 Å². The Morgan fingerprint density at radius 3 is 1.78 bits per heavy atom. The van der Waals surface area contributed by atoms with Crippen LogP contribution in [0, 0.1) is 6.92 Å². The highest BCUT2D eigenvalue weighted by molar-refractivity contribution is 7.85. The van der Waals surface area contributed by atoms with Gasteiger partial charge in [0.25, 0.3) is 0 Å². The number of benzene rings is 3. The van der Waals surface area contributed by atoms with Gasteiger partial charge in [-0.3, -0.25) is 0 Å². The zero-order valence-electron chi connectivity index (χ0n) is 13.3. The molecule has 0 amide bonds. The van der Waals surface area contributed by atoms with E-state index in [1.165, 1.54) is 0 Å². The van der Waals surface area contributed by atoms with Crippen LogP contribution in [0.25, 0.3) is 0 Å². The molecule has 3 rings (SSSR count). The maximum Gasteiger partial charge on any atom is 0.171 e. The van der Waals surface area contributed by atoms with E-state index >= 15 is 0 Å². The van der Waals surface area contributed by atoms with E-state index in [-0.39, 0.29) is 0 Å². The van der Waals surface area contributed by atoms with Gasteiger partial charge < -0.3 is 9.30 Å². The number of hydrogen-bond donors (Lipinski definition) is 0. The third-order valence-electron chi connectivity index (χ3n) is 4.00. The molecule has 116 valence electrons. The van der Waals surface area contributed by atoms with E-state index in [0.717, 1.165) is 27.2 Å². The van der Waals surface area contributed by atoms with E-state index < -0.39 is 7.14 Å². The molecule has 3 aromatic rings. The van der Waals surface area contributed by atoms with Crippen molar-refractivity contribution < 1.29 is 9.30 Å². The number of aryl methyl sites for hydroxylation is 1. The van der Waals surface area contributed by atoms with Gasteiger partial charge in [0.1, 0.15) is 5.75 Å². The third-order valence-corrected chi connectivity index (χ3v) is 7.21. The van der Waals surface area contributed by atoms with Crippen LogP contribution in [-0.2, 0) is 4.57 Å². The zero-order chi connectivity index (χ0) is 16.3. The van der Waals surface area contributed by atoms with Crippen LogP contribution in [0.1, 0.15) is 5.56 Å². The molecule has 0 saturated heterocycles. The highest BCUT2D eigenvalue weighted by Gasteiger charge is 2.31. The van der Waals surface area contributed by atoms with E-state index in [1.54, 1.807) is 7.11 Å². The molecular weight excluding hydrogens is 303 g/mol.